The molecule has 2 N–H and O–H groups in total. The summed E-state index contributed by atoms with van der Waals surface area (Å²) in [4.78, 5) is 16.0. The monoisotopic (exact) mass is 313 g/mol. The van der Waals surface area contributed by atoms with Crippen molar-refractivity contribution in [2.45, 2.75) is 25.9 Å². The van der Waals surface area contributed by atoms with Crippen molar-refractivity contribution in [1.29, 1.82) is 0 Å². The molecule has 6 heteroatoms. The molecule has 1 amide bonds. The van der Waals surface area contributed by atoms with E-state index >= 15 is 0 Å². The molecule has 1 aromatic carbocycles. The Morgan fingerprint density at radius 1 is 1.50 bits per heavy atom. The van der Waals surface area contributed by atoms with Crippen LogP contribution in [0.5, 0.6) is 0 Å². The van der Waals surface area contributed by atoms with Crippen molar-refractivity contribution in [2.24, 2.45) is 4.99 Å². The van der Waals surface area contributed by atoms with Gasteiger partial charge in [0.15, 0.2) is 12.0 Å². The Morgan fingerprint density at radius 2 is 2.22 bits per heavy atom. The number of nitrogens with one attached hydrogen (secondary N) is 2. The largest absolute Gasteiger partial charge is 0.354 e. The van der Waals surface area contributed by atoms with Crippen LogP contribution >= 0.6 is 15.9 Å². The predicted octanol–water partition coefficient (Wildman–Crippen LogP) is 2.11. The second-order valence-corrected chi connectivity index (χ2v) is 5.20. The number of nitrogens with zero attached hydrogens (tertiary/aromatic N) is 1. The lowest BCUT2D eigenvalue weighted by atomic mass is 10.1. The quantitative estimate of drug-likeness (QED) is 0.878. The van der Waals surface area contributed by atoms with E-state index in [2.05, 4.69) is 31.6 Å². The first-order chi connectivity index (χ1) is 8.47. The molecule has 0 fully saturated rings. The van der Waals surface area contributed by atoms with Crippen LogP contribution in [0.15, 0.2) is 27.7 Å². The van der Waals surface area contributed by atoms with Gasteiger partial charge in [-0.05, 0) is 47.5 Å². The van der Waals surface area contributed by atoms with Crippen LogP contribution in [0.1, 0.15) is 25.5 Å². The molecule has 0 saturated carbocycles. The highest BCUT2D eigenvalue weighted by Crippen LogP contribution is 2.25. The summed E-state index contributed by atoms with van der Waals surface area (Å²) < 4.78 is 13.8. The number of benzene rings is 1. The Morgan fingerprint density at radius 3 is 2.83 bits per heavy atom. The number of hydrogen-bond donors (Lipinski definition) is 2. The third-order valence-electron chi connectivity index (χ3n) is 2.43. The molecule has 0 spiro atoms. The van der Waals surface area contributed by atoms with Crippen molar-refractivity contribution >= 4 is 27.8 Å². The Kier molecular flexibility index (Phi) is 3.65. The normalized spacial score (nSPS) is 18.8. The van der Waals surface area contributed by atoms with Crippen LogP contribution in [0, 0.1) is 5.82 Å². The lowest BCUT2D eigenvalue weighted by Gasteiger charge is -2.07. The van der Waals surface area contributed by atoms with Gasteiger partial charge in [0.25, 0.3) is 5.91 Å². The number of rotatable bonds is 2. The Hall–Kier alpha value is -1.43. The lowest BCUT2D eigenvalue weighted by molar-refractivity contribution is -0.120. The third-order valence-corrected chi connectivity index (χ3v) is 3.08. The Labute approximate surface area is 113 Å². The van der Waals surface area contributed by atoms with Gasteiger partial charge in [-0.2, -0.15) is 0 Å². The number of hydrogen-bond acceptors (Lipinski definition) is 3. The second kappa shape index (κ2) is 5.06. The zero-order valence-electron chi connectivity index (χ0n) is 10.00. The molecular formula is C12H13BrFN3O. The van der Waals surface area contributed by atoms with Gasteiger partial charge in [-0.15, -0.1) is 0 Å². The van der Waals surface area contributed by atoms with Gasteiger partial charge in [0.2, 0.25) is 0 Å². The smallest absolute Gasteiger partial charge is 0.256 e. The number of aliphatic imine (C=N–C) groups is 1. The lowest BCUT2D eigenvalue weighted by Crippen LogP contribution is -2.40. The van der Waals surface area contributed by atoms with E-state index in [1.54, 1.807) is 12.1 Å². The van der Waals surface area contributed by atoms with E-state index in [4.69, 9.17) is 0 Å². The molecule has 2 rings (SSSR count). The molecule has 1 atom stereocenters. The molecule has 0 radical (unpaired) electrons. The zero-order chi connectivity index (χ0) is 13.3. The van der Waals surface area contributed by atoms with Gasteiger partial charge in [0, 0.05) is 6.04 Å². The standard InChI is InChI=1S/C12H13BrFN3O/c1-6(2)15-12-16-10(11(18)17-12)7-3-4-8(13)9(14)5-7/h3-6,10H,1-2H3,(H2,15,16,17,18). The van der Waals surface area contributed by atoms with E-state index in [1.807, 2.05) is 13.8 Å². The minimum absolute atomic E-state index is 0.171. The molecule has 1 aromatic rings. The van der Waals surface area contributed by atoms with Crippen molar-refractivity contribution in [3.8, 4) is 0 Å². The van der Waals surface area contributed by atoms with Crippen molar-refractivity contribution in [3.63, 3.8) is 0 Å². The fourth-order valence-corrected chi connectivity index (χ4v) is 1.91. The van der Waals surface area contributed by atoms with Crippen molar-refractivity contribution in [3.05, 3.63) is 34.1 Å². The zero-order valence-corrected chi connectivity index (χ0v) is 11.6. The van der Waals surface area contributed by atoms with Gasteiger partial charge >= 0.3 is 0 Å². The van der Waals surface area contributed by atoms with Gasteiger partial charge in [0.1, 0.15) is 5.82 Å². The summed E-state index contributed by atoms with van der Waals surface area (Å²) in [5.74, 6) is -0.219. The summed E-state index contributed by atoms with van der Waals surface area (Å²) in [6.45, 7) is 3.89. The van der Waals surface area contributed by atoms with E-state index in [1.165, 1.54) is 6.07 Å². The molecule has 0 aromatic heterocycles. The molecular weight excluding hydrogens is 301 g/mol. The summed E-state index contributed by atoms with van der Waals surface area (Å²) in [7, 11) is 0. The first-order valence-electron chi connectivity index (χ1n) is 5.57. The molecule has 1 heterocycles. The van der Waals surface area contributed by atoms with E-state index in [9.17, 15) is 9.18 Å². The van der Waals surface area contributed by atoms with Gasteiger partial charge in [-0.3, -0.25) is 10.1 Å². The highest BCUT2D eigenvalue weighted by Gasteiger charge is 2.28. The van der Waals surface area contributed by atoms with Crippen molar-refractivity contribution in [2.75, 3.05) is 0 Å². The van der Waals surface area contributed by atoms with Crippen LogP contribution in [-0.2, 0) is 4.79 Å². The summed E-state index contributed by atoms with van der Waals surface area (Å²) in [5.41, 5.74) is 0.536. The minimum atomic E-state index is -0.686. The van der Waals surface area contributed by atoms with E-state index < -0.39 is 11.9 Å². The maximum absolute atomic E-state index is 13.4. The van der Waals surface area contributed by atoms with Crippen LogP contribution in [0.2, 0.25) is 0 Å². The number of guanidine groups is 1. The fourth-order valence-electron chi connectivity index (χ4n) is 1.66. The van der Waals surface area contributed by atoms with Crippen molar-refractivity contribution < 1.29 is 9.18 Å². The third kappa shape index (κ3) is 2.69. The molecule has 0 saturated heterocycles. The summed E-state index contributed by atoms with van der Waals surface area (Å²) in [6.07, 6.45) is 0. The number of carbonyl (C=O) groups excluding carboxylic acids is 1. The highest BCUT2D eigenvalue weighted by atomic mass is 79.9. The molecule has 96 valence electrons. The number of carbonyl (C=O) groups is 1. The summed E-state index contributed by atoms with van der Waals surface area (Å²) in [6, 6.07) is 4.05. The second-order valence-electron chi connectivity index (χ2n) is 4.34. The number of amides is 1. The molecule has 18 heavy (non-hydrogen) atoms. The van der Waals surface area contributed by atoms with E-state index in [0.29, 0.717) is 16.0 Å². The fraction of sp³-hybridized carbons (Fsp3) is 0.333. The molecule has 0 bridgehead atoms. The van der Waals surface area contributed by atoms with E-state index in [-0.39, 0.29) is 11.9 Å². The van der Waals surface area contributed by atoms with Crippen LogP contribution in [0.25, 0.3) is 0 Å². The average molecular weight is 314 g/mol. The van der Waals surface area contributed by atoms with Gasteiger partial charge in [0.05, 0.1) is 4.47 Å². The molecule has 1 unspecified atom stereocenters. The van der Waals surface area contributed by atoms with Crippen LogP contribution in [0.3, 0.4) is 0 Å². The maximum atomic E-state index is 13.4. The van der Waals surface area contributed by atoms with Crippen LogP contribution in [-0.4, -0.2) is 17.9 Å². The number of halogens is 2. The van der Waals surface area contributed by atoms with E-state index in [0.717, 1.165) is 0 Å². The van der Waals surface area contributed by atoms with Crippen molar-refractivity contribution in [1.82, 2.24) is 10.6 Å². The molecule has 1 aliphatic heterocycles. The highest BCUT2D eigenvalue weighted by molar-refractivity contribution is 9.10. The topological polar surface area (TPSA) is 53.5 Å². The van der Waals surface area contributed by atoms with Gasteiger partial charge < -0.3 is 5.32 Å². The van der Waals surface area contributed by atoms with Crippen LogP contribution < -0.4 is 10.6 Å². The molecule has 1 aliphatic rings. The first-order valence-corrected chi connectivity index (χ1v) is 6.37. The Balaban J connectivity index is 2.24. The maximum Gasteiger partial charge on any atom is 0.256 e. The Bertz CT molecular complexity index is 516. The SMILES string of the molecule is CC(C)NC1=NC(c2ccc(Br)c(F)c2)C(=O)N1. The van der Waals surface area contributed by atoms with Gasteiger partial charge in [-0.1, -0.05) is 6.07 Å². The van der Waals surface area contributed by atoms with Crippen LogP contribution in [0.4, 0.5) is 4.39 Å². The predicted molar refractivity (Wildman–Crippen MR) is 70.7 cm³/mol. The summed E-state index contributed by atoms with van der Waals surface area (Å²) >= 11 is 3.07. The summed E-state index contributed by atoms with van der Waals surface area (Å²) in [5, 5.41) is 5.65. The average Bonchev–Trinajstić information content (AvgIpc) is 2.62. The van der Waals surface area contributed by atoms with Gasteiger partial charge in [-0.25, -0.2) is 9.38 Å². The minimum Gasteiger partial charge on any atom is -0.354 e. The molecule has 0 aliphatic carbocycles. The first kappa shape index (κ1) is 13.0. The molecule has 4 nitrogen and oxygen atoms in total.